The van der Waals surface area contributed by atoms with Crippen LogP contribution in [-0.2, 0) is 22.6 Å². The quantitative estimate of drug-likeness (QED) is 0.796. The maximum atomic E-state index is 12.8. The number of hydrogen-bond donors (Lipinski definition) is 0. The number of carbonyl (C=O) groups excluding carboxylic acids is 2. The second-order valence-electron chi connectivity index (χ2n) is 6.56. The Morgan fingerprint density at radius 2 is 1.85 bits per heavy atom. The van der Waals surface area contributed by atoms with Crippen LogP contribution in [0.2, 0.25) is 5.02 Å². The summed E-state index contributed by atoms with van der Waals surface area (Å²) < 4.78 is 0. The minimum absolute atomic E-state index is 0.0579. The lowest BCUT2D eigenvalue weighted by Gasteiger charge is -2.30. The highest BCUT2D eigenvalue weighted by Gasteiger charge is 2.23. The van der Waals surface area contributed by atoms with Crippen LogP contribution in [0.25, 0.3) is 0 Å². The topological polar surface area (TPSA) is 40.6 Å². The molecule has 2 aromatic rings. The highest BCUT2D eigenvalue weighted by atomic mass is 35.5. The molecule has 136 valence electrons. The van der Waals surface area contributed by atoms with E-state index >= 15 is 0 Å². The summed E-state index contributed by atoms with van der Waals surface area (Å²) in [5.74, 6) is -0.000627. The average molecular weight is 371 g/mol. The fourth-order valence-corrected chi connectivity index (χ4v) is 3.53. The lowest BCUT2D eigenvalue weighted by atomic mass is 10.0. The first kappa shape index (κ1) is 18.5. The molecule has 1 aliphatic heterocycles. The molecule has 4 nitrogen and oxygen atoms in total. The molecule has 0 saturated heterocycles. The van der Waals surface area contributed by atoms with Gasteiger partial charge in [-0.05, 0) is 36.1 Å². The van der Waals surface area contributed by atoms with Gasteiger partial charge in [0.05, 0.1) is 0 Å². The monoisotopic (exact) mass is 370 g/mol. The van der Waals surface area contributed by atoms with Crippen LogP contribution in [0, 0.1) is 0 Å². The second kappa shape index (κ2) is 8.37. The summed E-state index contributed by atoms with van der Waals surface area (Å²) in [6.07, 6.45) is 2.28. The van der Waals surface area contributed by atoms with Crippen molar-refractivity contribution in [1.29, 1.82) is 0 Å². The first-order valence-electron chi connectivity index (χ1n) is 8.93. The first-order chi connectivity index (χ1) is 12.6. The molecular formula is C21H23ClN2O2. The highest BCUT2D eigenvalue weighted by molar-refractivity contribution is 6.31. The second-order valence-corrected chi connectivity index (χ2v) is 6.97. The van der Waals surface area contributed by atoms with Gasteiger partial charge in [-0.2, -0.15) is 0 Å². The summed E-state index contributed by atoms with van der Waals surface area (Å²) >= 11 is 6.20. The number of nitrogens with zero attached hydrogens (tertiary/aromatic N) is 2. The SMILES string of the molecule is CC(=O)N(CCC(=O)N1CCCc2ccccc21)Cc1ccccc1Cl. The zero-order chi connectivity index (χ0) is 18.5. The third-order valence-electron chi connectivity index (χ3n) is 4.77. The van der Waals surface area contributed by atoms with Gasteiger partial charge in [0, 0.05) is 43.7 Å². The fraction of sp³-hybridized carbons (Fsp3) is 0.333. The van der Waals surface area contributed by atoms with E-state index in [0.29, 0.717) is 24.5 Å². The maximum absolute atomic E-state index is 12.8. The van der Waals surface area contributed by atoms with Crippen LogP contribution in [0.15, 0.2) is 48.5 Å². The predicted octanol–water partition coefficient (Wildman–Crippen LogP) is 4.06. The zero-order valence-electron chi connectivity index (χ0n) is 15.0. The number of aryl methyl sites for hydroxylation is 1. The van der Waals surface area contributed by atoms with Crippen molar-refractivity contribution in [1.82, 2.24) is 4.90 Å². The van der Waals surface area contributed by atoms with Gasteiger partial charge in [0.1, 0.15) is 0 Å². The molecule has 0 atom stereocenters. The van der Waals surface area contributed by atoms with Gasteiger partial charge in [-0.15, -0.1) is 0 Å². The molecule has 1 heterocycles. The minimum Gasteiger partial charge on any atom is -0.338 e. The van der Waals surface area contributed by atoms with E-state index in [0.717, 1.165) is 30.6 Å². The largest absolute Gasteiger partial charge is 0.338 e. The van der Waals surface area contributed by atoms with E-state index in [1.54, 1.807) is 4.90 Å². The number of carbonyl (C=O) groups is 2. The van der Waals surface area contributed by atoms with Crippen LogP contribution in [-0.4, -0.2) is 29.8 Å². The van der Waals surface area contributed by atoms with Crippen molar-refractivity contribution in [2.24, 2.45) is 0 Å². The van der Waals surface area contributed by atoms with Crippen molar-refractivity contribution in [2.75, 3.05) is 18.0 Å². The Morgan fingerprint density at radius 3 is 2.62 bits per heavy atom. The number of fused-ring (bicyclic) bond motifs is 1. The summed E-state index contributed by atoms with van der Waals surface area (Å²) in [5, 5.41) is 0.634. The standard InChI is InChI=1S/C21H23ClN2O2/c1-16(25)23(15-18-8-2-4-10-19(18)22)14-12-21(26)24-13-6-9-17-7-3-5-11-20(17)24/h2-5,7-8,10-11H,6,9,12-15H2,1H3. The Hall–Kier alpha value is -2.33. The summed E-state index contributed by atoms with van der Waals surface area (Å²) in [6.45, 7) is 3.06. The molecule has 0 aromatic heterocycles. The molecule has 5 heteroatoms. The van der Waals surface area contributed by atoms with E-state index in [9.17, 15) is 9.59 Å². The van der Waals surface area contributed by atoms with E-state index in [-0.39, 0.29) is 11.8 Å². The molecule has 0 saturated carbocycles. The molecule has 26 heavy (non-hydrogen) atoms. The molecule has 2 aromatic carbocycles. The van der Waals surface area contributed by atoms with E-state index < -0.39 is 0 Å². The fourth-order valence-electron chi connectivity index (χ4n) is 3.34. The molecule has 0 fully saturated rings. The summed E-state index contributed by atoms with van der Waals surface area (Å²) in [4.78, 5) is 28.3. The van der Waals surface area contributed by atoms with Crippen molar-refractivity contribution >= 4 is 29.1 Å². The zero-order valence-corrected chi connectivity index (χ0v) is 15.7. The number of para-hydroxylation sites is 1. The Balaban J connectivity index is 1.66. The van der Waals surface area contributed by atoms with E-state index in [1.165, 1.54) is 12.5 Å². The summed E-state index contributed by atoms with van der Waals surface area (Å²) in [6, 6.07) is 15.5. The number of hydrogen-bond acceptors (Lipinski definition) is 2. The van der Waals surface area contributed by atoms with E-state index in [4.69, 9.17) is 11.6 Å². The number of rotatable bonds is 5. The lowest BCUT2D eigenvalue weighted by molar-refractivity contribution is -0.130. The van der Waals surface area contributed by atoms with Crippen LogP contribution in [0.1, 0.15) is 30.9 Å². The lowest BCUT2D eigenvalue weighted by Crippen LogP contribution is -2.38. The minimum atomic E-state index is -0.0586. The molecule has 0 radical (unpaired) electrons. The van der Waals surface area contributed by atoms with Crippen molar-refractivity contribution in [3.05, 3.63) is 64.7 Å². The van der Waals surface area contributed by atoms with Crippen LogP contribution in [0.3, 0.4) is 0 Å². The van der Waals surface area contributed by atoms with Gasteiger partial charge < -0.3 is 9.80 Å². The van der Waals surface area contributed by atoms with E-state index in [2.05, 4.69) is 6.07 Å². The Kier molecular flexibility index (Phi) is 5.94. The molecule has 0 bridgehead atoms. The highest BCUT2D eigenvalue weighted by Crippen LogP contribution is 2.27. The van der Waals surface area contributed by atoms with Crippen LogP contribution in [0.4, 0.5) is 5.69 Å². The number of amides is 2. The van der Waals surface area contributed by atoms with Crippen molar-refractivity contribution < 1.29 is 9.59 Å². The van der Waals surface area contributed by atoms with Gasteiger partial charge in [-0.3, -0.25) is 9.59 Å². The van der Waals surface area contributed by atoms with Crippen molar-refractivity contribution in [2.45, 2.75) is 32.7 Å². The molecule has 0 unspecified atom stereocenters. The average Bonchev–Trinajstić information content (AvgIpc) is 2.65. The van der Waals surface area contributed by atoms with Crippen molar-refractivity contribution in [3.8, 4) is 0 Å². The molecule has 0 N–H and O–H groups in total. The molecule has 1 aliphatic rings. The molecule has 2 amide bonds. The maximum Gasteiger partial charge on any atom is 0.228 e. The summed E-state index contributed by atoms with van der Waals surface area (Å²) in [7, 11) is 0. The third kappa shape index (κ3) is 4.25. The Morgan fingerprint density at radius 1 is 1.12 bits per heavy atom. The predicted molar refractivity (Wildman–Crippen MR) is 104 cm³/mol. The van der Waals surface area contributed by atoms with Crippen molar-refractivity contribution in [3.63, 3.8) is 0 Å². The van der Waals surface area contributed by atoms with Gasteiger partial charge in [0.15, 0.2) is 0 Å². The van der Waals surface area contributed by atoms with Crippen LogP contribution >= 0.6 is 11.6 Å². The summed E-state index contributed by atoms with van der Waals surface area (Å²) in [5.41, 5.74) is 3.11. The van der Waals surface area contributed by atoms with Gasteiger partial charge in [0.2, 0.25) is 11.8 Å². The van der Waals surface area contributed by atoms with Gasteiger partial charge in [-0.1, -0.05) is 48.0 Å². The molecule has 3 rings (SSSR count). The Labute approximate surface area is 159 Å². The van der Waals surface area contributed by atoms with Gasteiger partial charge >= 0.3 is 0 Å². The molecule has 0 aliphatic carbocycles. The number of anilines is 1. The van der Waals surface area contributed by atoms with Gasteiger partial charge in [0.25, 0.3) is 0 Å². The van der Waals surface area contributed by atoms with Gasteiger partial charge in [-0.25, -0.2) is 0 Å². The third-order valence-corrected chi connectivity index (χ3v) is 5.14. The molecular weight excluding hydrogens is 348 g/mol. The van der Waals surface area contributed by atoms with Crippen LogP contribution in [0.5, 0.6) is 0 Å². The van der Waals surface area contributed by atoms with Crippen LogP contribution < -0.4 is 4.90 Å². The number of halogens is 1. The van der Waals surface area contributed by atoms with E-state index in [1.807, 2.05) is 47.4 Å². The normalized spacial score (nSPS) is 13.2. The smallest absolute Gasteiger partial charge is 0.228 e. The first-order valence-corrected chi connectivity index (χ1v) is 9.31. The molecule has 0 spiro atoms. The number of benzene rings is 2. The Bertz CT molecular complexity index is 806.